The molecule has 1 aromatic heterocycles. The predicted octanol–water partition coefficient (Wildman–Crippen LogP) is 7.28. The van der Waals surface area contributed by atoms with Gasteiger partial charge in [0.25, 0.3) is 0 Å². The number of hydrogen-bond acceptors (Lipinski definition) is 5. The van der Waals surface area contributed by atoms with E-state index >= 15 is 0 Å². The van der Waals surface area contributed by atoms with E-state index in [1.807, 2.05) is 75.4 Å². The van der Waals surface area contributed by atoms with E-state index in [0.717, 1.165) is 45.6 Å². The van der Waals surface area contributed by atoms with Crippen LogP contribution in [0.1, 0.15) is 55.9 Å². The van der Waals surface area contributed by atoms with Crippen molar-refractivity contribution in [3.05, 3.63) is 89.2 Å². The van der Waals surface area contributed by atoms with Crippen LogP contribution in [-0.4, -0.2) is 22.8 Å². The number of fused-ring (bicyclic) bond motifs is 1. The number of rotatable bonds is 10. The topological polar surface area (TPSA) is 98.0 Å². The Morgan fingerprint density at radius 2 is 1.77 bits per heavy atom. The molecule has 0 unspecified atom stereocenters. The minimum Gasteiger partial charge on any atom is -0.488 e. The highest BCUT2D eigenvalue weighted by atomic mass is 16.6. The highest BCUT2D eigenvalue weighted by Gasteiger charge is 2.22. The summed E-state index contributed by atoms with van der Waals surface area (Å²) in [6.45, 7) is 6.11. The van der Waals surface area contributed by atoms with Crippen LogP contribution in [0.3, 0.4) is 0 Å². The van der Waals surface area contributed by atoms with E-state index in [9.17, 15) is 14.7 Å². The minimum atomic E-state index is -0.887. The van der Waals surface area contributed by atoms with Crippen molar-refractivity contribution in [3.8, 4) is 16.9 Å². The number of ether oxygens (including phenoxy) is 2. The van der Waals surface area contributed by atoms with Crippen LogP contribution < -0.4 is 10.1 Å². The molecule has 3 aromatic carbocycles. The molecule has 2 N–H and O–H groups in total. The molecule has 1 saturated carbocycles. The van der Waals surface area contributed by atoms with Crippen LogP contribution in [0, 0.1) is 5.92 Å². The summed E-state index contributed by atoms with van der Waals surface area (Å²) in [5, 5.41) is 13.1. The molecule has 0 radical (unpaired) electrons. The van der Waals surface area contributed by atoms with Gasteiger partial charge in [0.15, 0.2) is 0 Å². The molecule has 1 fully saturated rings. The number of furan rings is 1. The normalized spacial score (nSPS) is 13.3. The fraction of sp³-hybridized carbons (Fsp3) is 0.333. The number of amides is 1. The van der Waals surface area contributed by atoms with Gasteiger partial charge in [0, 0.05) is 23.1 Å². The van der Waals surface area contributed by atoms with Gasteiger partial charge in [-0.3, -0.25) is 4.79 Å². The molecular formula is C33H35NO6. The average Bonchev–Trinajstić information content (AvgIpc) is 3.63. The number of carboxylic acid groups (broad SMARTS) is 1. The molecule has 1 aliphatic rings. The molecule has 0 spiro atoms. The lowest BCUT2D eigenvalue weighted by Crippen LogP contribution is -2.32. The summed E-state index contributed by atoms with van der Waals surface area (Å²) in [5.41, 5.74) is 5.89. The van der Waals surface area contributed by atoms with Crippen LogP contribution in [0.5, 0.6) is 5.75 Å². The standard InChI is InChI=1S/C33H35NO6/c1-33(2,3)40-32(37)34-18-23-5-4-6-24(14-23)25-11-12-29-28(16-25)27(19-38-29)20-39-30-15-22(13-21-7-8-21)9-10-26(30)17-31(35)36/h4-6,9-12,14-16,19,21H,7-8,13,17-18,20H2,1-3H3,(H,34,37)(H,35,36). The molecule has 5 rings (SSSR count). The van der Waals surface area contributed by atoms with Crippen molar-refractivity contribution in [3.63, 3.8) is 0 Å². The fourth-order valence-electron chi connectivity index (χ4n) is 4.70. The van der Waals surface area contributed by atoms with Gasteiger partial charge in [-0.1, -0.05) is 36.4 Å². The quantitative estimate of drug-likeness (QED) is 0.219. The molecule has 40 heavy (non-hydrogen) atoms. The molecule has 0 bridgehead atoms. The molecule has 7 nitrogen and oxygen atoms in total. The van der Waals surface area contributed by atoms with Crippen molar-refractivity contribution in [1.29, 1.82) is 0 Å². The SMILES string of the molecule is CC(C)(C)OC(=O)NCc1cccc(-c2ccc3occ(COc4cc(CC5CC5)ccc4CC(=O)O)c3c2)c1. The number of nitrogens with one attached hydrogen (secondary N) is 1. The number of benzene rings is 3. The van der Waals surface area contributed by atoms with Crippen LogP contribution in [0.4, 0.5) is 4.79 Å². The molecule has 0 saturated heterocycles. The number of carboxylic acids is 1. The van der Waals surface area contributed by atoms with Crippen LogP contribution in [-0.2, 0) is 35.5 Å². The first kappa shape index (κ1) is 27.3. The van der Waals surface area contributed by atoms with Gasteiger partial charge in [0.1, 0.15) is 23.5 Å². The molecule has 4 aromatic rings. The first-order chi connectivity index (χ1) is 19.1. The second-order valence-corrected chi connectivity index (χ2v) is 11.5. The summed E-state index contributed by atoms with van der Waals surface area (Å²) in [4.78, 5) is 23.5. The van der Waals surface area contributed by atoms with Gasteiger partial charge < -0.3 is 24.3 Å². The van der Waals surface area contributed by atoms with E-state index in [-0.39, 0.29) is 13.0 Å². The van der Waals surface area contributed by atoms with Gasteiger partial charge >= 0.3 is 12.1 Å². The molecule has 0 aliphatic heterocycles. The lowest BCUT2D eigenvalue weighted by molar-refractivity contribution is -0.136. The number of hydrogen-bond donors (Lipinski definition) is 2. The van der Waals surface area contributed by atoms with E-state index < -0.39 is 17.7 Å². The third kappa shape index (κ3) is 7.23. The van der Waals surface area contributed by atoms with Gasteiger partial charge in [-0.25, -0.2) is 4.79 Å². The van der Waals surface area contributed by atoms with Crippen LogP contribution >= 0.6 is 0 Å². The van der Waals surface area contributed by atoms with E-state index in [4.69, 9.17) is 13.9 Å². The van der Waals surface area contributed by atoms with Crippen LogP contribution in [0.15, 0.2) is 71.3 Å². The monoisotopic (exact) mass is 541 g/mol. The van der Waals surface area contributed by atoms with Crippen molar-refractivity contribution >= 4 is 23.0 Å². The Kier molecular flexibility index (Phi) is 7.83. The summed E-state index contributed by atoms with van der Waals surface area (Å²) in [7, 11) is 0. The molecule has 1 amide bonds. The maximum Gasteiger partial charge on any atom is 0.407 e. The molecule has 0 atom stereocenters. The molecule has 1 aliphatic carbocycles. The van der Waals surface area contributed by atoms with Crippen molar-refractivity contribution in [2.24, 2.45) is 5.92 Å². The number of carbonyl (C=O) groups is 2. The van der Waals surface area contributed by atoms with E-state index in [2.05, 4.69) is 11.4 Å². The Bertz CT molecular complexity index is 1530. The predicted molar refractivity (Wildman–Crippen MR) is 153 cm³/mol. The second kappa shape index (κ2) is 11.5. The van der Waals surface area contributed by atoms with Crippen LogP contribution in [0.25, 0.3) is 22.1 Å². The fourth-order valence-corrected chi connectivity index (χ4v) is 4.70. The van der Waals surface area contributed by atoms with Gasteiger partial charge in [-0.15, -0.1) is 0 Å². The summed E-state index contributed by atoms with van der Waals surface area (Å²) in [6.07, 6.45) is 4.65. The van der Waals surface area contributed by atoms with E-state index in [1.165, 1.54) is 18.4 Å². The molecule has 7 heteroatoms. The van der Waals surface area contributed by atoms with Crippen molar-refractivity contribution < 1.29 is 28.6 Å². The van der Waals surface area contributed by atoms with Crippen LogP contribution in [0.2, 0.25) is 0 Å². The van der Waals surface area contributed by atoms with Gasteiger partial charge in [-0.05, 0) is 92.5 Å². The Morgan fingerprint density at radius 3 is 2.52 bits per heavy atom. The Balaban J connectivity index is 1.32. The lowest BCUT2D eigenvalue weighted by atomic mass is 10.0. The number of alkyl carbamates (subject to hydrolysis) is 1. The van der Waals surface area contributed by atoms with Gasteiger partial charge in [0.05, 0.1) is 12.7 Å². The number of carbonyl (C=O) groups excluding carboxylic acids is 1. The first-order valence-corrected chi connectivity index (χ1v) is 13.7. The highest BCUT2D eigenvalue weighted by Crippen LogP contribution is 2.35. The first-order valence-electron chi connectivity index (χ1n) is 13.7. The Hall–Kier alpha value is -4.26. The Labute approximate surface area is 234 Å². The summed E-state index contributed by atoms with van der Waals surface area (Å²) in [5.74, 6) is 0.443. The van der Waals surface area contributed by atoms with Gasteiger partial charge in [-0.2, -0.15) is 0 Å². The van der Waals surface area contributed by atoms with E-state index in [1.54, 1.807) is 6.26 Å². The summed E-state index contributed by atoms with van der Waals surface area (Å²) >= 11 is 0. The van der Waals surface area contributed by atoms with E-state index in [0.29, 0.717) is 17.9 Å². The van der Waals surface area contributed by atoms with Crippen molar-refractivity contribution in [1.82, 2.24) is 5.32 Å². The highest BCUT2D eigenvalue weighted by molar-refractivity contribution is 5.86. The largest absolute Gasteiger partial charge is 0.488 e. The average molecular weight is 542 g/mol. The van der Waals surface area contributed by atoms with Crippen molar-refractivity contribution in [2.45, 2.75) is 65.2 Å². The minimum absolute atomic E-state index is 0.0888. The number of aliphatic carboxylic acids is 1. The van der Waals surface area contributed by atoms with Crippen molar-refractivity contribution in [2.75, 3.05) is 0 Å². The zero-order valence-electron chi connectivity index (χ0n) is 23.2. The molecule has 208 valence electrons. The maximum absolute atomic E-state index is 12.1. The van der Waals surface area contributed by atoms with Gasteiger partial charge in [0.2, 0.25) is 0 Å². The molecular weight excluding hydrogens is 506 g/mol. The second-order valence-electron chi connectivity index (χ2n) is 11.5. The molecule has 1 heterocycles. The Morgan fingerprint density at radius 1 is 0.975 bits per heavy atom. The lowest BCUT2D eigenvalue weighted by Gasteiger charge is -2.19. The third-order valence-electron chi connectivity index (χ3n) is 6.83. The third-order valence-corrected chi connectivity index (χ3v) is 6.83. The maximum atomic E-state index is 12.1. The summed E-state index contributed by atoms with van der Waals surface area (Å²) in [6, 6.07) is 19.9. The summed E-state index contributed by atoms with van der Waals surface area (Å²) < 4.78 is 17.3. The zero-order valence-corrected chi connectivity index (χ0v) is 23.2. The zero-order chi connectivity index (χ0) is 28.3. The smallest absolute Gasteiger partial charge is 0.407 e.